The number of nitrogens with zero attached hydrogens (tertiary/aromatic N) is 3. The molecule has 7 nitrogen and oxygen atoms in total. The first-order chi connectivity index (χ1) is 18.4. The first-order valence-corrected chi connectivity index (χ1v) is 13.0. The molecular formula is C28H31F4N3O4. The van der Waals surface area contributed by atoms with Crippen LogP contribution in [0.2, 0.25) is 0 Å². The highest BCUT2D eigenvalue weighted by Crippen LogP contribution is 2.44. The van der Waals surface area contributed by atoms with Crippen LogP contribution in [0.3, 0.4) is 0 Å². The minimum atomic E-state index is -4.63. The van der Waals surface area contributed by atoms with Gasteiger partial charge in [0.25, 0.3) is 0 Å². The second-order valence-electron chi connectivity index (χ2n) is 10.9. The number of aliphatic carboxylic acids is 1. The second-order valence-corrected chi connectivity index (χ2v) is 10.9. The Morgan fingerprint density at radius 3 is 2.41 bits per heavy atom. The second kappa shape index (κ2) is 10.0. The van der Waals surface area contributed by atoms with E-state index >= 15 is 0 Å². The summed E-state index contributed by atoms with van der Waals surface area (Å²) in [5, 5.41) is 13.7. The van der Waals surface area contributed by atoms with Crippen LogP contribution in [-0.4, -0.2) is 65.1 Å². The van der Waals surface area contributed by atoms with Crippen molar-refractivity contribution >= 4 is 11.8 Å². The van der Waals surface area contributed by atoms with E-state index < -0.39 is 34.5 Å². The molecule has 0 bridgehead atoms. The van der Waals surface area contributed by atoms with Gasteiger partial charge in [0.15, 0.2) is 5.60 Å². The minimum absolute atomic E-state index is 0.102. The first kappa shape index (κ1) is 27.2. The van der Waals surface area contributed by atoms with Crippen LogP contribution >= 0.6 is 0 Å². The van der Waals surface area contributed by atoms with Crippen LogP contribution in [0.4, 0.5) is 17.6 Å². The van der Waals surface area contributed by atoms with E-state index in [0.717, 1.165) is 24.0 Å². The molecule has 5 rings (SSSR count). The lowest BCUT2D eigenvalue weighted by Crippen LogP contribution is -2.61. The number of hydrogen-bond donors (Lipinski definition) is 1. The number of carboxylic acids is 1. The summed E-state index contributed by atoms with van der Waals surface area (Å²) < 4.78 is 61.6. The summed E-state index contributed by atoms with van der Waals surface area (Å²) in [6.45, 7) is 6.10. The van der Waals surface area contributed by atoms with Gasteiger partial charge in [-0.05, 0) is 62.1 Å². The number of ether oxygens (including phenoxy) is 1. The highest BCUT2D eigenvalue weighted by Gasteiger charge is 2.51. The standard InChI is InChI=1S/C28H31F4N3O4/c1-3-38-22-13-18(12-21(28(30,31)32)24(22)19-4-6-20(29)7-5-19)15-34-16-27(17-34)14-23(33-39-27)35-10-8-26(2,9-11-35)25(36)37/h4-7,12-13H,3,8-11,14-17H2,1-2H3,(H,36,37). The van der Waals surface area contributed by atoms with Crippen molar-refractivity contribution in [2.24, 2.45) is 10.6 Å². The molecule has 210 valence electrons. The molecule has 0 amide bonds. The molecule has 11 heteroatoms. The van der Waals surface area contributed by atoms with Gasteiger partial charge in [0.1, 0.15) is 17.4 Å². The van der Waals surface area contributed by atoms with Crippen LogP contribution in [0, 0.1) is 11.2 Å². The van der Waals surface area contributed by atoms with Crippen LogP contribution in [0.1, 0.15) is 44.2 Å². The van der Waals surface area contributed by atoms with Crippen molar-refractivity contribution in [1.29, 1.82) is 0 Å². The van der Waals surface area contributed by atoms with E-state index in [1.807, 2.05) is 4.90 Å². The van der Waals surface area contributed by atoms with Crippen molar-refractivity contribution in [3.8, 4) is 16.9 Å². The lowest BCUT2D eigenvalue weighted by molar-refractivity contribution is -0.150. The van der Waals surface area contributed by atoms with Gasteiger partial charge in [0.05, 0.1) is 24.0 Å². The normalized spacial score (nSPS) is 20.4. The number of halogens is 4. The molecule has 39 heavy (non-hydrogen) atoms. The maximum Gasteiger partial charge on any atom is 0.417 e. The van der Waals surface area contributed by atoms with Crippen LogP contribution in [0.15, 0.2) is 41.6 Å². The fourth-order valence-electron chi connectivity index (χ4n) is 5.62. The van der Waals surface area contributed by atoms with Crippen LogP contribution in [-0.2, 0) is 22.4 Å². The minimum Gasteiger partial charge on any atom is -0.493 e. The van der Waals surface area contributed by atoms with Gasteiger partial charge >= 0.3 is 12.1 Å². The topological polar surface area (TPSA) is 74.6 Å². The average molecular weight is 550 g/mol. The molecule has 3 aliphatic heterocycles. The number of carboxylic acid groups (broad SMARTS) is 1. The lowest BCUT2D eigenvalue weighted by atomic mass is 9.80. The Morgan fingerprint density at radius 2 is 1.82 bits per heavy atom. The maximum absolute atomic E-state index is 14.2. The highest BCUT2D eigenvalue weighted by molar-refractivity contribution is 5.85. The molecule has 3 aliphatic rings. The summed E-state index contributed by atoms with van der Waals surface area (Å²) in [5.41, 5.74) is -1.50. The van der Waals surface area contributed by atoms with E-state index in [-0.39, 0.29) is 30.0 Å². The molecule has 0 aromatic heterocycles. The Balaban J connectivity index is 1.27. The van der Waals surface area contributed by atoms with Crippen molar-refractivity contribution in [2.45, 2.75) is 51.4 Å². The van der Waals surface area contributed by atoms with Crippen molar-refractivity contribution in [3.63, 3.8) is 0 Å². The number of benzene rings is 2. The Labute approximate surface area is 224 Å². The Hall–Kier alpha value is -3.34. The molecule has 0 saturated carbocycles. The summed E-state index contributed by atoms with van der Waals surface area (Å²) in [6, 6.07) is 7.65. The molecule has 0 atom stereocenters. The number of piperidine rings is 1. The molecule has 3 heterocycles. The van der Waals surface area contributed by atoms with E-state index in [2.05, 4.69) is 10.1 Å². The Bertz CT molecular complexity index is 1260. The number of hydrogen-bond acceptors (Lipinski definition) is 6. The van der Waals surface area contributed by atoms with Crippen LogP contribution < -0.4 is 4.74 Å². The van der Waals surface area contributed by atoms with Crippen LogP contribution in [0.25, 0.3) is 11.1 Å². The number of oxime groups is 1. The number of alkyl halides is 3. The first-order valence-electron chi connectivity index (χ1n) is 13.0. The predicted molar refractivity (Wildman–Crippen MR) is 136 cm³/mol. The van der Waals surface area contributed by atoms with Crippen molar-refractivity contribution < 1.29 is 37.0 Å². The fraction of sp³-hybridized carbons (Fsp3) is 0.500. The number of carbonyl (C=O) groups is 1. The molecule has 1 N–H and O–H groups in total. The Morgan fingerprint density at radius 1 is 1.15 bits per heavy atom. The van der Waals surface area contributed by atoms with Crippen molar-refractivity contribution in [3.05, 3.63) is 53.3 Å². The zero-order chi connectivity index (χ0) is 28.0. The third-order valence-electron chi connectivity index (χ3n) is 7.90. The van der Waals surface area contributed by atoms with Crippen molar-refractivity contribution in [2.75, 3.05) is 32.8 Å². The Kier molecular flexibility index (Phi) is 6.98. The smallest absolute Gasteiger partial charge is 0.417 e. The third kappa shape index (κ3) is 5.41. The average Bonchev–Trinajstić information content (AvgIpc) is 3.30. The number of rotatable bonds is 6. The van der Waals surface area contributed by atoms with E-state index in [1.165, 1.54) is 12.1 Å². The molecule has 1 spiro atoms. The van der Waals surface area contributed by atoms with E-state index in [1.54, 1.807) is 19.9 Å². The van der Waals surface area contributed by atoms with Gasteiger partial charge in [-0.3, -0.25) is 9.69 Å². The molecular weight excluding hydrogens is 518 g/mol. The molecule has 2 aromatic carbocycles. The summed E-state index contributed by atoms with van der Waals surface area (Å²) in [7, 11) is 0. The van der Waals surface area contributed by atoms with Gasteiger partial charge in [-0.1, -0.05) is 17.3 Å². The summed E-state index contributed by atoms with van der Waals surface area (Å²) in [4.78, 5) is 21.4. The zero-order valence-electron chi connectivity index (χ0n) is 21.9. The summed E-state index contributed by atoms with van der Waals surface area (Å²) >= 11 is 0. The van der Waals surface area contributed by atoms with Gasteiger partial charge in [-0.15, -0.1) is 0 Å². The van der Waals surface area contributed by atoms with Gasteiger partial charge in [0.2, 0.25) is 0 Å². The third-order valence-corrected chi connectivity index (χ3v) is 7.90. The zero-order valence-corrected chi connectivity index (χ0v) is 21.9. The van der Waals surface area contributed by atoms with E-state index in [0.29, 0.717) is 51.0 Å². The van der Waals surface area contributed by atoms with Gasteiger partial charge in [-0.2, -0.15) is 13.2 Å². The summed E-state index contributed by atoms with van der Waals surface area (Å²) in [5.74, 6) is -0.423. The monoisotopic (exact) mass is 549 g/mol. The molecule has 2 fully saturated rings. The molecule has 2 aromatic rings. The fourth-order valence-corrected chi connectivity index (χ4v) is 5.62. The van der Waals surface area contributed by atoms with Gasteiger partial charge in [0, 0.05) is 38.3 Å². The van der Waals surface area contributed by atoms with Crippen LogP contribution in [0.5, 0.6) is 5.75 Å². The maximum atomic E-state index is 14.2. The van der Waals surface area contributed by atoms with E-state index in [4.69, 9.17) is 9.57 Å². The highest BCUT2D eigenvalue weighted by atomic mass is 19.4. The van der Waals surface area contributed by atoms with Gasteiger partial charge in [-0.25, -0.2) is 4.39 Å². The molecule has 2 saturated heterocycles. The predicted octanol–water partition coefficient (Wildman–Crippen LogP) is 5.39. The SMILES string of the molecule is CCOc1cc(CN2CC3(CC(N4CCC(C)(C(=O)O)CC4)=NO3)C2)cc(C(F)(F)F)c1-c1ccc(F)cc1. The molecule has 0 unspecified atom stereocenters. The molecule has 0 radical (unpaired) electrons. The number of likely N-dealkylation sites (tertiary alicyclic amines) is 2. The number of amidine groups is 1. The quantitative estimate of drug-likeness (QED) is 0.488. The van der Waals surface area contributed by atoms with Gasteiger partial charge < -0.3 is 19.6 Å². The molecule has 0 aliphatic carbocycles. The lowest BCUT2D eigenvalue weighted by Gasteiger charge is -2.45. The summed E-state index contributed by atoms with van der Waals surface area (Å²) in [6.07, 6.45) is -3.00. The largest absolute Gasteiger partial charge is 0.493 e. The van der Waals surface area contributed by atoms with Crippen molar-refractivity contribution in [1.82, 2.24) is 9.80 Å². The van der Waals surface area contributed by atoms with E-state index in [9.17, 15) is 27.5 Å².